The quantitative estimate of drug-likeness (QED) is 0.579. The average molecular weight is 454 g/mol. The van der Waals surface area contributed by atoms with Crippen molar-refractivity contribution in [2.75, 3.05) is 12.3 Å². The molecule has 32 heavy (non-hydrogen) atoms. The van der Waals surface area contributed by atoms with E-state index in [9.17, 15) is 18.0 Å². The summed E-state index contributed by atoms with van der Waals surface area (Å²) in [4.78, 5) is 30.5. The Balaban J connectivity index is 1.43. The second-order valence-electron chi connectivity index (χ2n) is 8.12. The summed E-state index contributed by atoms with van der Waals surface area (Å²) in [5.41, 5.74) is 0.886. The maximum absolute atomic E-state index is 12.9. The minimum Gasteiger partial charge on any atom is -0.352 e. The number of carbonyl (C=O) groups excluding carboxylic acids is 1. The summed E-state index contributed by atoms with van der Waals surface area (Å²) in [6.45, 7) is 0.925. The molecular weight excluding hydrogens is 426 g/mol. The van der Waals surface area contributed by atoms with Crippen LogP contribution >= 0.6 is 0 Å². The molecule has 0 fully saturated rings. The maximum Gasteiger partial charge on any atom is 0.261 e. The summed E-state index contributed by atoms with van der Waals surface area (Å²) in [6, 6.07) is 13.2. The highest BCUT2D eigenvalue weighted by Crippen LogP contribution is 2.16. The lowest BCUT2D eigenvalue weighted by Gasteiger charge is -2.16. The van der Waals surface area contributed by atoms with E-state index in [2.05, 4.69) is 10.3 Å². The molecule has 0 aliphatic carbocycles. The summed E-state index contributed by atoms with van der Waals surface area (Å²) >= 11 is 0. The van der Waals surface area contributed by atoms with Gasteiger partial charge in [0, 0.05) is 25.1 Å². The van der Waals surface area contributed by atoms with E-state index in [-0.39, 0.29) is 28.7 Å². The third-order valence-electron chi connectivity index (χ3n) is 5.81. The van der Waals surface area contributed by atoms with Crippen LogP contribution in [-0.2, 0) is 22.8 Å². The second-order valence-corrected chi connectivity index (χ2v) is 10.2. The van der Waals surface area contributed by atoms with Crippen LogP contribution in [0.3, 0.4) is 0 Å². The molecule has 2 aromatic carbocycles. The Morgan fingerprint density at radius 3 is 2.62 bits per heavy atom. The molecule has 1 N–H and O–H groups in total. The maximum atomic E-state index is 12.9. The second kappa shape index (κ2) is 9.65. The summed E-state index contributed by atoms with van der Waals surface area (Å²) < 4.78 is 26.4. The topological polar surface area (TPSA) is 98.1 Å². The average Bonchev–Trinajstić information content (AvgIpc) is 2.78. The van der Waals surface area contributed by atoms with Crippen LogP contribution in [0.1, 0.15) is 48.3 Å². The third kappa shape index (κ3) is 4.91. The lowest BCUT2D eigenvalue weighted by Crippen LogP contribution is -2.28. The van der Waals surface area contributed by atoms with E-state index in [4.69, 9.17) is 0 Å². The zero-order valence-corrected chi connectivity index (χ0v) is 18.7. The van der Waals surface area contributed by atoms with Crippen LogP contribution in [0.2, 0.25) is 0 Å². The first-order chi connectivity index (χ1) is 15.5. The first-order valence-electron chi connectivity index (χ1n) is 11.1. The smallest absolute Gasteiger partial charge is 0.261 e. The minimum atomic E-state index is -3.37. The third-order valence-corrected chi connectivity index (χ3v) is 7.62. The van der Waals surface area contributed by atoms with Gasteiger partial charge in [-0.25, -0.2) is 13.4 Å². The Labute approximate surface area is 187 Å². The molecule has 0 saturated carbocycles. The largest absolute Gasteiger partial charge is 0.352 e. The molecule has 1 aliphatic heterocycles. The predicted molar refractivity (Wildman–Crippen MR) is 124 cm³/mol. The van der Waals surface area contributed by atoms with Gasteiger partial charge in [0.2, 0.25) is 0 Å². The van der Waals surface area contributed by atoms with Crippen LogP contribution in [0.25, 0.3) is 10.9 Å². The SMILES string of the molecule is O=C(NCCCS(=O)(=O)c1ccccc1)c1ccc2c(=O)n3c(nc2c1)CCCCCC3. The van der Waals surface area contributed by atoms with Gasteiger partial charge in [-0.05, 0) is 49.6 Å². The van der Waals surface area contributed by atoms with Crippen molar-refractivity contribution in [2.45, 2.75) is 50.0 Å². The normalized spacial score (nSPS) is 14.4. The van der Waals surface area contributed by atoms with E-state index >= 15 is 0 Å². The van der Waals surface area contributed by atoms with Crippen LogP contribution in [0.4, 0.5) is 0 Å². The van der Waals surface area contributed by atoms with Crippen molar-refractivity contribution in [3.63, 3.8) is 0 Å². The lowest BCUT2D eigenvalue weighted by molar-refractivity contribution is 0.0954. The molecule has 0 unspecified atom stereocenters. The van der Waals surface area contributed by atoms with Crippen molar-refractivity contribution in [3.8, 4) is 0 Å². The molecule has 0 bridgehead atoms. The molecule has 2 heterocycles. The van der Waals surface area contributed by atoms with E-state index in [0.717, 1.165) is 37.9 Å². The zero-order valence-electron chi connectivity index (χ0n) is 17.9. The molecule has 1 aliphatic rings. The molecule has 3 aromatic rings. The van der Waals surface area contributed by atoms with E-state index < -0.39 is 9.84 Å². The highest BCUT2D eigenvalue weighted by atomic mass is 32.2. The molecule has 168 valence electrons. The van der Waals surface area contributed by atoms with E-state index in [1.54, 1.807) is 53.1 Å². The Hall–Kier alpha value is -3.00. The number of nitrogens with zero attached hydrogens (tertiary/aromatic N) is 2. The predicted octanol–water partition coefficient (Wildman–Crippen LogP) is 3.11. The van der Waals surface area contributed by atoms with Crippen LogP contribution in [0, 0.1) is 0 Å². The van der Waals surface area contributed by atoms with Crippen LogP contribution in [0.15, 0.2) is 58.2 Å². The number of carbonyl (C=O) groups is 1. The molecule has 1 amide bonds. The highest BCUT2D eigenvalue weighted by molar-refractivity contribution is 7.91. The van der Waals surface area contributed by atoms with Gasteiger partial charge in [-0.15, -0.1) is 0 Å². The van der Waals surface area contributed by atoms with Gasteiger partial charge >= 0.3 is 0 Å². The highest BCUT2D eigenvalue weighted by Gasteiger charge is 2.16. The molecular formula is C24H27N3O4S. The molecule has 0 saturated heterocycles. The number of benzene rings is 2. The number of rotatable bonds is 6. The van der Waals surface area contributed by atoms with Gasteiger partial charge < -0.3 is 5.32 Å². The van der Waals surface area contributed by atoms with Crippen molar-refractivity contribution in [3.05, 3.63) is 70.3 Å². The van der Waals surface area contributed by atoms with Crippen molar-refractivity contribution in [2.24, 2.45) is 0 Å². The van der Waals surface area contributed by atoms with Gasteiger partial charge in [-0.3, -0.25) is 14.2 Å². The van der Waals surface area contributed by atoms with Crippen LogP contribution < -0.4 is 10.9 Å². The summed E-state index contributed by atoms with van der Waals surface area (Å²) in [7, 11) is -3.37. The standard InChI is InChI=1S/C24H27N3O4S/c28-23(25-14-8-16-32(30,31)19-9-4-3-5-10-19)18-12-13-20-21(17-18)26-22-11-6-1-2-7-15-27(22)24(20)29/h3-5,9-10,12-13,17H,1-2,6-8,11,14-16H2,(H,25,28). The van der Waals surface area contributed by atoms with Crippen molar-refractivity contribution in [1.82, 2.24) is 14.9 Å². The zero-order chi connectivity index (χ0) is 22.6. The fourth-order valence-electron chi connectivity index (χ4n) is 4.05. The number of nitrogens with one attached hydrogen (secondary N) is 1. The van der Waals surface area contributed by atoms with Crippen molar-refractivity contribution in [1.29, 1.82) is 0 Å². The number of aryl methyl sites for hydroxylation is 1. The Morgan fingerprint density at radius 2 is 1.81 bits per heavy atom. The molecule has 1 aromatic heterocycles. The van der Waals surface area contributed by atoms with Gasteiger partial charge in [0.25, 0.3) is 11.5 Å². The summed E-state index contributed by atoms with van der Waals surface area (Å²) in [6.07, 6.45) is 5.30. The van der Waals surface area contributed by atoms with Crippen molar-refractivity contribution < 1.29 is 13.2 Å². The van der Waals surface area contributed by atoms with Crippen LogP contribution in [-0.4, -0.2) is 36.2 Å². The van der Waals surface area contributed by atoms with E-state index in [1.165, 1.54) is 0 Å². The Morgan fingerprint density at radius 1 is 1.03 bits per heavy atom. The molecule has 0 radical (unpaired) electrons. The Bertz CT molecular complexity index is 1280. The summed E-state index contributed by atoms with van der Waals surface area (Å²) in [5, 5.41) is 3.28. The first-order valence-corrected chi connectivity index (χ1v) is 12.7. The molecule has 0 spiro atoms. The number of sulfone groups is 1. The van der Waals surface area contributed by atoms with Gasteiger partial charge in [0.15, 0.2) is 9.84 Å². The van der Waals surface area contributed by atoms with Gasteiger partial charge in [-0.2, -0.15) is 0 Å². The number of aromatic nitrogens is 2. The monoisotopic (exact) mass is 453 g/mol. The summed E-state index contributed by atoms with van der Waals surface area (Å²) in [5.74, 6) is 0.433. The number of amides is 1. The lowest BCUT2D eigenvalue weighted by atomic mass is 10.1. The van der Waals surface area contributed by atoms with E-state index in [0.29, 0.717) is 29.4 Å². The molecule has 8 heteroatoms. The van der Waals surface area contributed by atoms with Crippen molar-refractivity contribution >= 4 is 26.6 Å². The van der Waals surface area contributed by atoms with Gasteiger partial charge in [0.05, 0.1) is 21.6 Å². The molecule has 7 nitrogen and oxygen atoms in total. The van der Waals surface area contributed by atoms with E-state index in [1.807, 2.05) is 0 Å². The minimum absolute atomic E-state index is 0.0422. The van der Waals surface area contributed by atoms with Crippen LogP contribution in [0.5, 0.6) is 0 Å². The number of hydrogen-bond donors (Lipinski definition) is 1. The number of fused-ring (bicyclic) bond motifs is 2. The first kappa shape index (κ1) is 22.2. The van der Waals surface area contributed by atoms with Gasteiger partial charge in [-0.1, -0.05) is 31.0 Å². The molecule has 4 rings (SSSR count). The Kier molecular flexibility index (Phi) is 6.69. The van der Waals surface area contributed by atoms with Gasteiger partial charge in [0.1, 0.15) is 5.82 Å². The molecule has 0 atom stereocenters. The number of hydrogen-bond acceptors (Lipinski definition) is 5. The fraction of sp³-hybridized carbons (Fsp3) is 0.375. The fourth-order valence-corrected chi connectivity index (χ4v) is 5.38.